The van der Waals surface area contributed by atoms with Gasteiger partial charge in [0.1, 0.15) is 5.56 Å². The Morgan fingerprint density at radius 3 is 2.45 bits per heavy atom. The van der Waals surface area contributed by atoms with Crippen LogP contribution >= 0.6 is 31.9 Å². The fraction of sp³-hybridized carbons (Fsp3) is 0.214. The van der Waals surface area contributed by atoms with Crippen molar-refractivity contribution in [1.82, 2.24) is 0 Å². The first kappa shape index (κ1) is 16.7. The topological polar surface area (TPSA) is 93.8 Å². The van der Waals surface area contributed by atoms with Crippen LogP contribution in [-0.4, -0.2) is 17.0 Å². The number of hydrogen-bond acceptors (Lipinski definition) is 5. The van der Waals surface area contributed by atoms with Crippen LogP contribution in [0.2, 0.25) is 0 Å². The van der Waals surface area contributed by atoms with Crippen molar-refractivity contribution in [1.29, 1.82) is 0 Å². The van der Waals surface area contributed by atoms with E-state index in [2.05, 4.69) is 31.9 Å². The maximum Gasteiger partial charge on any atom is 0.351 e. The van der Waals surface area contributed by atoms with E-state index in [1.165, 1.54) is 6.07 Å². The van der Waals surface area contributed by atoms with Gasteiger partial charge in [-0.25, -0.2) is 9.59 Å². The molecule has 0 atom stereocenters. The summed E-state index contributed by atoms with van der Waals surface area (Å²) < 4.78 is 11.2. The molecule has 2 rings (SSSR count). The SMILES string of the molecule is CC(C)C(=O)Oc1c(Br)c(Br)cc2cc(C(=O)O)c(=O)oc12. The Morgan fingerprint density at radius 1 is 1.27 bits per heavy atom. The van der Waals surface area contributed by atoms with Gasteiger partial charge in [-0.1, -0.05) is 13.8 Å². The molecule has 1 aromatic heterocycles. The smallest absolute Gasteiger partial charge is 0.351 e. The Bertz CT molecular complexity index is 837. The largest absolute Gasteiger partial charge is 0.477 e. The molecule has 0 spiro atoms. The third kappa shape index (κ3) is 3.07. The minimum absolute atomic E-state index is 0.000856. The number of carbonyl (C=O) groups is 2. The number of hydrogen-bond donors (Lipinski definition) is 1. The van der Waals surface area contributed by atoms with E-state index in [-0.39, 0.29) is 17.3 Å². The molecule has 6 nitrogen and oxygen atoms in total. The van der Waals surface area contributed by atoms with E-state index in [4.69, 9.17) is 14.3 Å². The van der Waals surface area contributed by atoms with E-state index < -0.39 is 23.1 Å². The maximum atomic E-state index is 11.8. The standard InChI is InChI=1S/C14H10Br2O6/c1-5(2)13(19)22-11-9(16)8(15)4-6-3-7(12(17)18)14(20)21-10(6)11/h3-5H,1-2H3,(H,17,18). The summed E-state index contributed by atoms with van der Waals surface area (Å²) in [5, 5.41) is 9.29. The van der Waals surface area contributed by atoms with Gasteiger partial charge in [0.15, 0.2) is 11.3 Å². The van der Waals surface area contributed by atoms with E-state index in [0.717, 1.165) is 0 Å². The molecule has 2 aromatic rings. The molecule has 0 aliphatic carbocycles. The van der Waals surface area contributed by atoms with Crippen molar-refractivity contribution >= 4 is 54.8 Å². The first-order chi connectivity index (χ1) is 10.2. The van der Waals surface area contributed by atoms with Crippen molar-refractivity contribution in [2.75, 3.05) is 0 Å². The van der Waals surface area contributed by atoms with Crippen molar-refractivity contribution in [2.45, 2.75) is 13.8 Å². The van der Waals surface area contributed by atoms with Crippen LogP contribution in [0.4, 0.5) is 0 Å². The van der Waals surface area contributed by atoms with Crippen molar-refractivity contribution < 1.29 is 23.8 Å². The van der Waals surface area contributed by atoms with Gasteiger partial charge in [0, 0.05) is 9.86 Å². The molecule has 0 aliphatic heterocycles. The highest BCUT2D eigenvalue weighted by Gasteiger charge is 2.21. The molecule has 0 bridgehead atoms. The van der Waals surface area contributed by atoms with Crippen LogP contribution in [0.3, 0.4) is 0 Å². The van der Waals surface area contributed by atoms with E-state index >= 15 is 0 Å². The van der Waals surface area contributed by atoms with Gasteiger partial charge in [-0.3, -0.25) is 4.79 Å². The second-order valence-electron chi connectivity index (χ2n) is 4.75. The van der Waals surface area contributed by atoms with Crippen molar-refractivity contribution in [3.63, 3.8) is 0 Å². The molecule has 0 saturated carbocycles. The molecule has 0 saturated heterocycles. The number of aromatic carboxylic acids is 1. The third-order valence-electron chi connectivity index (χ3n) is 2.78. The predicted molar refractivity (Wildman–Crippen MR) is 85.3 cm³/mol. The molecule has 0 unspecified atom stereocenters. The van der Waals surface area contributed by atoms with Gasteiger partial charge < -0.3 is 14.3 Å². The van der Waals surface area contributed by atoms with E-state index in [9.17, 15) is 14.4 Å². The summed E-state index contributed by atoms with van der Waals surface area (Å²) in [5.74, 6) is -2.26. The minimum Gasteiger partial charge on any atom is -0.477 e. The zero-order valence-corrected chi connectivity index (χ0v) is 14.6. The summed E-state index contributed by atoms with van der Waals surface area (Å²) in [6, 6.07) is 2.73. The summed E-state index contributed by atoms with van der Waals surface area (Å²) in [5.41, 5.74) is -1.52. The number of fused-ring (bicyclic) bond motifs is 1. The van der Waals surface area contributed by atoms with Gasteiger partial charge in [0.05, 0.1) is 10.4 Å². The summed E-state index contributed by atoms with van der Waals surface area (Å²) in [6.45, 7) is 3.32. The summed E-state index contributed by atoms with van der Waals surface area (Å²) >= 11 is 6.52. The van der Waals surface area contributed by atoms with Gasteiger partial charge in [-0.15, -0.1) is 0 Å². The van der Waals surface area contributed by atoms with Crippen LogP contribution in [0, 0.1) is 5.92 Å². The van der Waals surface area contributed by atoms with Crippen LogP contribution in [0.5, 0.6) is 5.75 Å². The van der Waals surface area contributed by atoms with Crippen LogP contribution in [0.25, 0.3) is 11.0 Å². The van der Waals surface area contributed by atoms with Crippen molar-refractivity contribution in [3.05, 3.63) is 37.1 Å². The molecular weight excluding hydrogens is 424 g/mol. The lowest BCUT2D eigenvalue weighted by Crippen LogP contribution is -2.16. The lowest BCUT2D eigenvalue weighted by Gasteiger charge is -2.12. The van der Waals surface area contributed by atoms with Crippen molar-refractivity contribution in [3.8, 4) is 5.75 Å². The van der Waals surface area contributed by atoms with E-state index in [1.54, 1.807) is 19.9 Å². The second-order valence-corrected chi connectivity index (χ2v) is 6.40. The zero-order valence-electron chi connectivity index (χ0n) is 11.5. The van der Waals surface area contributed by atoms with Crippen LogP contribution in [0.15, 0.2) is 30.3 Å². The molecule has 116 valence electrons. The maximum absolute atomic E-state index is 11.8. The number of carboxylic acid groups (broad SMARTS) is 1. The van der Waals surface area contributed by atoms with Gasteiger partial charge in [-0.2, -0.15) is 0 Å². The molecule has 22 heavy (non-hydrogen) atoms. The Hall–Kier alpha value is -1.67. The number of rotatable bonds is 3. The number of ether oxygens (including phenoxy) is 1. The lowest BCUT2D eigenvalue weighted by molar-refractivity contribution is -0.137. The normalized spacial score (nSPS) is 11.0. The highest BCUT2D eigenvalue weighted by atomic mass is 79.9. The van der Waals surface area contributed by atoms with Crippen LogP contribution in [-0.2, 0) is 4.79 Å². The Balaban J connectivity index is 2.76. The molecular formula is C14H10Br2O6. The molecule has 1 N–H and O–H groups in total. The van der Waals surface area contributed by atoms with Gasteiger partial charge in [0.25, 0.3) is 0 Å². The highest BCUT2D eigenvalue weighted by Crippen LogP contribution is 2.39. The Labute approximate surface area is 141 Å². The molecule has 0 aliphatic rings. The first-order valence-corrected chi connectivity index (χ1v) is 7.71. The van der Waals surface area contributed by atoms with Gasteiger partial charge in [0.2, 0.25) is 0 Å². The van der Waals surface area contributed by atoms with Gasteiger partial charge >= 0.3 is 17.6 Å². The van der Waals surface area contributed by atoms with Crippen LogP contribution < -0.4 is 10.4 Å². The average Bonchev–Trinajstić information content (AvgIpc) is 2.43. The second kappa shape index (κ2) is 6.21. The van der Waals surface area contributed by atoms with Crippen LogP contribution in [0.1, 0.15) is 24.2 Å². The predicted octanol–water partition coefficient (Wildman–Crippen LogP) is 3.58. The van der Waals surface area contributed by atoms with E-state index in [0.29, 0.717) is 14.3 Å². The number of carboxylic acids is 1. The molecule has 0 amide bonds. The highest BCUT2D eigenvalue weighted by molar-refractivity contribution is 9.13. The quantitative estimate of drug-likeness (QED) is 0.451. The molecule has 1 heterocycles. The molecule has 1 aromatic carbocycles. The number of halogens is 2. The summed E-state index contributed by atoms with van der Waals surface area (Å²) in [7, 11) is 0. The summed E-state index contributed by atoms with van der Waals surface area (Å²) in [4.78, 5) is 34.5. The molecule has 0 radical (unpaired) electrons. The average molecular weight is 434 g/mol. The number of carbonyl (C=O) groups excluding carboxylic acids is 1. The zero-order chi connectivity index (χ0) is 16.6. The fourth-order valence-electron chi connectivity index (χ4n) is 1.64. The first-order valence-electron chi connectivity index (χ1n) is 6.13. The van der Waals surface area contributed by atoms with Gasteiger partial charge in [-0.05, 0) is 44.0 Å². The van der Waals surface area contributed by atoms with E-state index in [1.807, 2.05) is 0 Å². The Kier molecular flexibility index (Phi) is 4.72. The monoisotopic (exact) mass is 432 g/mol. The number of esters is 1. The third-order valence-corrected chi connectivity index (χ3v) is 4.72. The summed E-state index contributed by atoms with van der Waals surface area (Å²) in [6.07, 6.45) is 0. The molecule has 0 fully saturated rings. The van der Waals surface area contributed by atoms with Crippen molar-refractivity contribution in [2.24, 2.45) is 5.92 Å². The number of benzene rings is 1. The Morgan fingerprint density at radius 2 is 1.91 bits per heavy atom. The minimum atomic E-state index is -1.39. The lowest BCUT2D eigenvalue weighted by atomic mass is 10.1. The molecule has 8 heteroatoms. The fourth-order valence-corrected chi connectivity index (χ4v) is 2.44.